The van der Waals surface area contributed by atoms with Gasteiger partial charge in [-0.05, 0) is 17.7 Å². The lowest BCUT2D eigenvalue weighted by atomic mass is 9.89. The highest BCUT2D eigenvalue weighted by Crippen LogP contribution is 2.26. The topological polar surface area (TPSA) is 58.5 Å². The minimum atomic E-state index is -0.302. The molecular formula is C19H15FN3O2+. The number of fused-ring (bicyclic) bond motifs is 2. The summed E-state index contributed by atoms with van der Waals surface area (Å²) in [6, 6.07) is 13.2. The number of imidazole rings is 1. The van der Waals surface area contributed by atoms with Gasteiger partial charge in [0.15, 0.2) is 5.71 Å². The number of halogens is 1. The Morgan fingerprint density at radius 2 is 1.80 bits per heavy atom. The Morgan fingerprint density at radius 3 is 2.48 bits per heavy atom. The molecule has 0 saturated carbocycles. The molecule has 0 unspecified atom stereocenters. The van der Waals surface area contributed by atoms with Gasteiger partial charge in [0.2, 0.25) is 23.5 Å². The SMILES string of the molecule is C[n+]1cn(Cc2ccc(F)cc2)c2c1C(=NO)c1ccccc1C2=O. The van der Waals surface area contributed by atoms with Crippen LogP contribution in [-0.2, 0) is 13.6 Å². The van der Waals surface area contributed by atoms with Crippen LogP contribution in [0.3, 0.4) is 0 Å². The first-order valence-electron chi connectivity index (χ1n) is 7.80. The van der Waals surface area contributed by atoms with Crippen LogP contribution in [0.4, 0.5) is 4.39 Å². The lowest BCUT2D eigenvalue weighted by Gasteiger charge is -2.14. The number of benzene rings is 2. The number of ketones is 1. The van der Waals surface area contributed by atoms with Gasteiger partial charge in [-0.15, -0.1) is 0 Å². The number of rotatable bonds is 2. The van der Waals surface area contributed by atoms with Crippen LogP contribution in [0.2, 0.25) is 0 Å². The van der Waals surface area contributed by atoms with Crippen molar-refractivity contribution < 1.29 is 19.0 Å². The minimum absolute atomic E-state index is 0.124. The van der Waals surface area contributed by atoms with Crippen LogP contribution >= 0.6 is 0 Å². The fraction of sp³-hybridized carbons (Fsp3) is 0.105. The van der Waals surface area contributed by atoms with Gasteiger partial charge in [0.1, 0.15) is 12.4 Å². The molecule has 1 heterocycles. The van der Waals surface area contributed by atoms with Crippen LogP contribution in [0, 0.1) is 5.82 Å². The molecule has 0 radical (unpaired) electrons. The molecule has 1 aromatic heterocycles. The van der Waals surface area contributed by atoms with Crippen LogP contribution in [-0.4, -0.2) is 21.3 Å². The van der Waals surface area contributed by atoms with E-state index in [4.69, 9.17) is 0 Å². The summed E-state index contributed by atoms with van der Waals surface area (Å²) in [7, 11) is 1.80. The summed E-state index contributed by atoms with van der Waals surface area (Å²) in [5.41, 5.74) is 3.37. The van der Waals surface area contributed by atoms with E-state index >= 15 is 0 Å². The monoisotopic (exact) mass is 336 g/mol. The van der Waals surface area contributed by atoms with Gasteiger partial charge in [0.25, 0.3) is 0 Å². The number of carbonyl (C=O) groups is 1. The Kier molecular flexibility index (Phi) is 3.46. The number of oxime groups is 1. The van der Waals surface area contributed by atoms with Crippen molar-refractivity contribution in [3.8, 4) is 0 Å². The molecule has 1 aliphatic rings. The van der Waals surface area contributed by atoms with E-state index in [0.717, 1.165) is 5.56 Å². The fourth-order valence-corrected chi connectivity index (χ4v) is 3.30. The molecule has 1 N–H and O–H groups in total. The number of aryl methyl sites for hydroxylation is 1. The fourth-order valence-electron chi connectivity index (χ4n) is 3.30. The number of aromatic nitrogens is 2. The molecule has 25 heavy (non-hydrogen) atoms. The minimum Gasteiger partial charge on any atom is -0.410 e. The molecule has 5 nitrogen and oxygen atoms in total. The first-order chi connectivity index (χ1) is 12.1. The average Bonchev–Trinajstić information content (AvgIpc) is 2.94. The van der Waals surface area contributed by atoms with Crippen LogP contribution in [0.25, 0.3) is 0 Å². The van der Waals surface area contributed by atoms with Gasteiger partial charge >= 0.3 is 0 Å². The third kappa shape index (κ3) is 2.34. The predicted molar refractivity (Wildman–Crippen MR) is 88.4 cm³/mol. The van der Waals surface area contributed by atoms with E-state index in [-0.39, 0.29) is 11.6 Å². The van der Waals surface area contributed by atoms with E-state index in [2.05, 4.69) is 5.16 Å². The standard InChI is InChI=1S/C19H14FN3O2/c1-22-11-23(10-12-6-8-13(20)9-7-12)18-17(22)16(21-25)14-4-2-3-5-15(14)19(18)24/h2-9,11H,10H2,1H3/p+1. The molecule has 2 aromatic carbocycles. The Labute approximate surface area is 143 Å². The van der Waals surface area contributed by atoms with Gasteiger partial charge in [0, 0.05) is 11.1 Å². The smallest absolute Gasteiger partial charge is 0.244 e. The second kappa shape index (κ2) is 5.66. The molecule has 0 aliphatic heterocycles. The molecule has 0 bridgehead atoms. The van der Waals surface area contributed by atoms with Gasteiger partial charge in [-0.2, -0.15) is 0 Å². The molecule has 0 spiro atoms. The van der Waals surface area contributed by atoms with E-state index in [1.165, 1.54) is 12.1 Å². The van der Waals surface area contributed by atoms with Crippen LogP contribution in [0.15, 0.2) is 60.0 Å². The van der Waals surface area contributed by atoms with Crippen molar-refractivity contribution in [3.63, 3.8) is 0 Å². The van der Waals surface area contributed by atoms with E-state index in [1.807, 2.05) is 0 Å². The van der Waals surface area contributed by atoms with Crippen molar-refractivity contribution in [2.24, 2.45) is 12.2 Å². The zero-order valence-electron chi connectivity index (χ0n) is 13.5. The van der Waals surface area contributed by atoms with Crippen molar-refractivity contribution in [2.45, 2.75) is 6.54 Å². The maximum atomic E-state index is 13.1. The van der Waals surface area contributed by atoms with Crippen LogP contribution in [0.1, 0.15) is 32.9 Å². The molecule has 0 amide bonds. The average molecular weight is 336 g/mol. The summed E-state index contributed by atoms with van der Waals surface area (Å²) in [6.45, 7) is 0.413. The molecule has 3 aromatic rings. The summed E-state index contributed by atoms with van der Waals surface area (Å²) >= 11 is 0. The third-order valence-electron chi connectivity index (χ3n) is 4.41. The van der Waals surface area contributed by atoms with Crippen LogP contribution < -0.4 is 4.57 Å². The molecule has 4 rings (SSSR count). The summed E-state index contributed by atoms with van der Waals surface area (Å²) in [5.74, 6) is -0.427. The van der Waals surface area contributed by atoms with Gasteiger partial charge in [-0.3, -0.25) is 4.79 Å². The van der Waals surface area contributed by atoms with Gasteiger partial charge < -0.3 is 5.21 Å². The zero-order chi connectivity index (χ0) is 17.6. The number of carbonyl (C=O) groups excluding carboxylic acids is 1. The lowest BCUT2D eigenvalue weighted by Crippen LogP contribution is -2.37. The van der Waals surface area contributed by atoms with E-state index in [1.54, 1.807) is 58.9 Å². The molecule has 1 aliphatic carbocycles. The predicted octanol–water partition coefficient (Wildman–Crippen LogP) is 2.27. The summed E-state index contributed by atoms with van der Waals surface area (Å²) in [4.78, 5) is 13.0. The lowest BCUT2D eigenvalue weighted by molar-refractivity contribution is -0.672. The van der Waals surface area contributed by atoms with E-state index in [9.17, 15) is 14.4 Å². The van der Waals surface area contributed by atoms with Gasteiger partial charge in [-0.25, -0.2) is 13.5 Å². The van der Waals surface area contributed by atoms with E-state index < -0.39 is 0 Å². The summed E-state index contributed by atoms with van der Waals surface area (Å²) in [6.07, 6.45) is 1.78. The zero-order valence-corrected chi connectivity index (χ0v) is 13.5. The van der Waals surface area contributed by atoms with Gasteiger partial charge in [0.05, 0.1) is 7.05 Å². The maximum Gasteiger partial charge on any atom is 0.244 e. The van der Waals surface area contributed by atoms with E-state index in [0.29, 0.717) is 34.8 Å². The molecule has 0 saturated heterocycles. The largest absolute Gasteiger partial charge is 0.410 e. The summed E-state index contributed by atoms with van der Waals surface area (Å²) in [5, 5.41) is 13.0. The highest BCUT2D eigenvalue weighted by molar-refractivity contribution is 6.28. The maximum absolute atomic E-state index is 13.1. The van der Waals surface area contributed by atoms with Crippen molar-refractivity contribution >= 4 is 11.5 Å². The van der Waals surface area contributed by atoms with Crippen molar-refractivity contribution in [2.75, 3.05) is 0 Å². The number of nitrogens with zero attached hydrogens (tertiary/aromatic N) is 3. The molecule has 0 fully saturated rings. The van der Waals surface area contributed by atoms with Crippen molar-refractivity contribution in [1.82, 2.24) is 4.57 Å². The Morgan fingerprint density at radius 1 is 1.12 bits per heavy atom. The molecular weight excluding hydrogens is 321 g/mol. The third-order valence-corrected chi connectivity index (χ3v) is 4.41. The summed E-state index contributed by atoms with van der Waals surface area (Å²) < 4.78 is 16.7. The number of hydrogen-bond donors (Lipinski definition) is 1. The second-order valence-corrected chi connectivity index (χ2v) is 6.00. The van der Waals surface area contributed by atoms with Crippen molar-refractivity contribution in [3.05, 3.63) is 88.8 Å². The first-order valence-corrected chi connectivity index (χ1v) is 7.80. The normalized spacial score (nSPS) is 14.5. The molecule has 124 valence electrons. The van der Waals surface area contributed by atoms with Gasteiger partial charge in [-0.1, -0.05) is 41.6 Å². The highest BCUT2D eigenvalue weighted by Gasteiger charge is 2.39. The first kappa shape index (κ1) is 15.3. The molecule has 0 atom stereocenters. The Balaban J connectivity index is 1.87. The Hall–Kier alpha value is -3.28. The molecule has 6 heteroatoms. The van der Waals surface area contributed by atoms with Crippen LogP contribution in [0.5, 0.6) is 0 Å². The Bertz CT molecular complexity index is 1020. The highest BCUT2D eigenvalue weighted by atomic mass is 19.1. The van der Waals surface area contributed by atoms with Crippen molar-refractivity contribution in [1.29, 1.82) is 0 Å². The quantitative estimate of drug-likeness (QED) is 0.347. The number of hydrogen-bond acceptors (Lipinski definition) is 3. The second-order valence-electron chi connectivity index (χ2n) is 6.00.